The topological polar surface area (TPSA) is 651 Å². The van der Waals surface area contributed by atoms with Crippen LogP contribution in [-0.4, -0.2) is 409 Å². The number of aliphatic hydroxyl groups excluding tert-OH is 23. The van der Waals surface area contributed by atoms with E-state index >= 15 is 0 Å². The Kier molecular flexibility index (Phi) is 34.6. The van der Waals surface area contributed by atoms with Crippen molar-refractivity contribution in [2.45, 2.75) is 259 Å². The third-order valence-corrected chi connectivity index (χ3v) is 16.7. The first-order valence-corrected chi connectivity index (χ1v) is 29.1. The van der Waals surface area contributed by atoms with Crippen LogP contribution in [0.1, 0.15) is 13.8 Å². The summed E-state index contributed by atoms with van der Waals surface area (Å²) in [5, 5.41) is 250. The van der Waals surface area contributed by atoms with Crippen molar-refractivity contribution in [3.8, 4) is 0 Å². The molecule has 0 aromatic carbocycles. The molecule has 0 amide bonds. The second-order valence-electron chi connectivity index (χ2n) is 23.0. The second kappa shape index (κ2) is 38.0. The van der Waals surface area contributed by atoms with Gasteiger partial charge in [-0.1, -0.05) is 18.2 Å². The van der Waals surface area contributed by atoms with Gasteiger partial charge in [0.15, 0.2) is 37.7 Å². The first-order chi connectivity index (χ1) is 43.0. The Morgan fingerprint density at radius 3 is 1.14 bits per heavy atom. The van der Waals surface area contributed by atoms with E-state index in [-0.39, 0.29) is 94.7 Å². The molecule has 0 aliphatic carbocycles. The second-order valence-corrected chi connectivity index (χ2v) is 23.0. The van der Waals surface area contributed by atoms with E-state index in [0.717, 1.165) is 0 Å². The molecule has 7 rings (SSSR count). The number of hydrogen-bond acceptors (Lipinski definition) is 38. The van der Waals surface area contributed by atoms with E-state index in [2.05, 4.69) is 6.58 Å². The van der Waals surface area contributed by atoms with Crippen LogP contribution in [0.5, 0.6) is 0 Å². The summed E-state index contributed by atoms with van der Waals surface area (Å²) in [6.45, 7) is -0.806. The molecule has 93 heavy (non-hydrogen) atoms. The summed E-state index contributed by atoms with van der Waals surface area (Å²) in [4.78, 5) is 0. The zero-order chi connectivity index (χ0) is 67.4. The van der Waals surface area contributed by atoms with E-state index in [1.807, 2.05) is 0 Å². The maximum atomic E-state index is 12.1. The molecule has 0 aromatic heterocycles. The molecule has 7 fully saturated rings. The Bertz CT molecular complexity index is 2190. The van der Waals surface area contributed by atoms with Gasteiger partial charge >= 0.3 is 0 Å². The van der Waals surface area contributed by atoms with Crippen molar-refractivity contribution < 1.29 is 277 Å². The minimum absolute atomic E-state index is 0. The molecular weight excluding hydrogens is 1700 g/mol. The minimum Gasteiger partial charge on any atom is -0.668 e. The summed E-state index contributed by atoms with van der Waals surface area (Å²) in [6.07, 6.45) is -75.5. The molecule has 7 heterocycles. The molecule has 7 aliphatic heterocycles. The van der Waals surface area contributed by atoms with Gasteiger partial charge in [0.2, 0.25) is 0 Å². The fourth-order valence-corrected chi connectivity index (χ4v) is 11.2. The smallest absolute Gasteiger partial charge is 0.187 e. The monoisotopic (exact) mass is 1790 g/mol. The van der Waals surface area contributed by atoms with Crippen molar-refractivity contribution in [3.63, 3.8) is 0 Å². The van der Waals surface area contributed by atoms with Crippen molar-refractivity contribution in [2.75, 3.05) is 46.2 Å². The summed E-state index contributed by atoms with van der Waals surface area (Å²) < 4.78 is 85.7. The summed E-state index contributed by atoms with van der Waals surface area (Å²) >= 11 is 0. The van der Waals surface area contributed by atoms with Crippen LogP contribution in [0.15, 0.2) is 12.7 Å². The average molecular weight is 1790 g/mol. The molecule has 2 radical (unpaired) electrons. The van der Waals surface area contributed by atoms with Gasteiger partial charge in [0.05, 0.1) is 70.7 Å². The Balaban J connectivity index is 0.00000784. The average Bonchev–Trinajstić information content (AvgIpc) is 0.796. The van der Waals surface area contributed by atoms with Gasteiger partial charge in [-0.25, -0.2) is 0 Å². The summed E-state index contributed by atoms with van der Waals surface area (Å²) in [5.74, 6) is 0. The molecule has 538 valence electrons. The van der Waals surface area contributed by atoms with Gasteiger partial charge in [-0.05, 0) is 13.8 Å². The maximum Gasteiger partial charge on any atom is 0.187 e. The fraction of sp³-hybridized carbons (Fsp3) is 0.961. The molecule has 40 atom stereocenters. The van der Waals surface area contributed by atoms with Crippen LogP contribution in [0.2, 0.25) is 0 Å². The molecule has 0 spiro atoms. The minimum atomic E-state index is -2.81. The maximum absolute atomic E-state index is 12.1. The van der Waals surface area contributed by atoms with Crippen LogP contribution >= 0.6 is 0 Å². The Morgan fingerprint density at radius 2 is 0.720 bits per heavy atom. The molecule has 40 nitrogen and oxygen atoms in total. The van der Waals surface area contributed by atoms with Crippen LogP contribution in [0, 0.1) is 88.1 Å². The van der Waals surface area contributed by atoms with Crippen molar-refractivity contribution in [3.05, 3.63) is 24.1 Å². The third-order valence-electron chi connectivity index (χ3n) is 16.7. The number of hydrogen-bond donors (Lipinski definition) is 23. The van der Waals surface area contributed by atoms with Gasteiger partial charge in [-0.3, -0.25) is 0 Å². The molecule has 0 aromatic rings. The number of rotatable bonds is 27. The first-order valence-electron chi connectivity index (χ1n) is 29.1. The molecule has 0 saturated carbocycles. The van der Waals surface area contributed by atoms with Crippen LogP contribution in [0.25, 0.3) is 11.5 Å². The largest absolute Gasteiger partial charge is 0.668 e. The molecule has 25 N–H and O–H groups in total. The molecular formula is C51H88Ac2N2O38-2. The van der Waals surface area contributed by atoms with Crippen molar-refractivity contribution >= 4 is 0 Å². The zero-order valence-corrected chi connectivity index (χ0v) is 59.4. The van der Waals surface area contributed by atoms with E-state index in [1.165, 1.54) is 19.9 Å². The molecule has 25 unspecified atom stereocenters. The zero-order valence-electron chi connectivity index (χ0n) is 49.9. The molecule has 42 heteroatoms. The molecule has 0 bridgehead atoms. The van der Waals surface area contributed by atoms with Gasteiger partial charge in [0, 0.05) is 88.1 Å². The normalized spacial score (nSPS) is 48.3. The van der Waals surface area contributed by atoms with Crippen LogP contribution in [0.4, 0.5) is 0 Å². The fourth-order valence-electron chi connectivity index (χ4n) is 11.2. The van der Waals surface area contributed by atoms with Gasteiger partial charge in [0.1, 0.15) is 171 Å². The molecule has 7 saturated heterocycles. The van der Waals surface area contributed by atoms with Gasteiger partial charge in [0.25, 0.3) is 0 Å². The van der Waals surface area contributed by atoms with Crippen molar-refractivity contribution in [1.82, 2.24) is 0 Å². The van der Waals surface area contributed by atoms with E-state index < -0.39 is 285 Å². The van der Waals surface area contributed by atoms with Crippen LogP contribution in [0.3, 0.4) is 0 Å². The van der Waals surface area contributed by atoms with E-state index in [0.29, 0.717) is 0 Å². The standard InChI is InChI=1S/C51H88N2O38.2Ac/c1-4-5-77-47-36(74)31(69)38(17(8-56)85-47)86-44(76)37(75)43(91-46-21(53)42(90-51-35(73)30(68)26(64)16(7-55)82-51)40(19(10-58)84-46)87-48-32(70)27(65)22(60)12(2)79-48)24(62)14(59)11-78-45-20(52)41(89-49-33(71)28(66)23(61)13(3)80-49)39(18(9-57)83-45)88-50-34(72)29(67)25(63)15(6-54)81-50;;/h4,12-76H,1,5-11H2,2-3H3;;/q-2;;/t12?,13?,14?,15?,16?,17?,18?,19?,20?,21?,22-,23-,24+,25+,26+,27?,28?,29?,30?,31?,32?,33?,34?,35?,36?,37?,38-,39-,40-,41?,42?,43?,44+,45-,46+,47-,48+,49?,50+,51+;;/m1../s1. The van der Waals surface area contributed by atoms with Crippen LogP contribution < -0.4 is 0 Å². The van der Waals surface area contributed by atoms with E-state index in [4.69, 9.17) is 71.1 Å². The quantitative estimate of drug-likeness (QED) is 0.0268. The predicted molar refractivity (Wildman–Crippen MR) is 283 cm³/mol. The summed E-state index contributed by atoms with van der Waals surface area (Å²) in [6, 6.07) is -4.37. The van der Waals surface area contributed by atoms with Crippen LogP contribution in [-0.2, 0) is 71.1 Å². The first kappa shape index (κ1) is 84.7. The predicted octanol–water partition coefficient (Wildman–Crippen LogP) is -14.1. The van der Waals surface area contributed by atoms with Gasteiger partial charge in [-0.15, -0.1) is 6.58 Å². The van der Waals surface area contributed by atoms with Gasteiger partial charge < -0.3 is 200 Å². The summed E-state index contributed by atoms with van der Waals surface area (Å²) in [7, 11) is 0. The number of aliphatic hydroxyl groups is 23. The molecule has 7 aliphatic rings. The Labute approximate surface area is 601 Å². The number of ether oxygens (including phenoxy) is 15. The van der Waals surface area contributed by atoms with Gasteiger partial charge in [-0.2, -0.15) is 0 Å². The van der Waals surface area contributed by atoms with Crippen molar-refractivity contribution in [1.29, 1.82) is 0 Å². The SMILES string of the molecule is C=CCO[C@@H]1OC(CO)[C@@H](O[C@H](O)C(O)C(O[C@@H]2OC(CO)[C@@H](O[C@@H]3OC(C)[C@@H](O)C(O)C3O)C(O[C@@H]3OC(CO)[C@H](O)C(O)C3O)C2[NH-])[C@@H](O)C(O)CO[C@@H]2OC(CO)[C@@H](O[C@@H]3OC(CO)[C@H](O)C(O)C3O)C(OC3OC(C)[C@@H](O)C(O)C3O)C2[NH-])C(O)C1O.[Ac].[Ac]. The third kappa shape index (κ3) is 19.3. The van der Waals surface area contributed by atoms with Crippen molar-refractivity contribution in [2.24, 2.45) is 0 Å². The number of nitrogens with one attached hydrogen (secondary N) is 2. The van der Waals surface area contributed by atoms with E-state index in [1.54, 1.807) is 0 Å². The summed E-state index contributed by atoms with van der Waals surface area (Å²) in [5.41, 5.74) is 18.8. The Hall–Kier alpha value is 1.02. The Morgan fingerprint density at radius 1 is 0.376 bits per heavy atom. The van der Waals surface area contributed by atoms with E-state index in [9.17, 15) is 129 Å².